The Balaban J connectivity index is 1.59. The Morgan fingerprint density at radius 3 is 3.22 bits per heavy atom. The Morgan fingerprint density at radius 1 is 1.50 bits per heavy atom. The van der Waals surface area contributed by atoms with Gasteiger partial charge in [0.15, 0.2) is 5.69 Å². The van der Waals surface area contributed by atoms with Crippen LogP contribution in [-0.2, 0) is 11.3 Å². The SMILES string of the molecule is O=C(NC[C@H]1CCCO1)c1cc2n(n1)CCCO2. The van der Waals surface area contributed by atoms with E-state index in [2.05, 4.69) is 10.4 Å². The van der Waals surface area contributed by atoms with Crippen molar-refractivity contribution >= 4 is 5.91 Å². The third-order valence-electron chi connectivity index (χ3n) is 3.25. The number of carbonyl (C=O) groups is 1. The summed E-state index contributed by atoms with van der Waals surface area (Å²) < 4.78 is 12.6. The van der Waals surface area contributed by atoms with Crippen molar-refractivity contribution in [2.24, 2.45) is 0 Å². The molecule has 0 spiro atoms. The molecule has 1 aromatic rings. The van der Waals surface area contributed by atoms with Crippen molar-refractivity contribution in [3.63, 3.8) is 0 Å². The molecule has 98 valence electrons. The van der Waals surface area contributed by atoms with Gasteiger partial charge in [0.2, 0.25) is 5.88 Å². The summed E-state index contributed by atoms with van der Waals surface area (Å²) >= 11 is 0. The number of rotatable bonds is 3. The quantitative estimate of drug-likeness (QED) is 0.853. The van der Waals surface area contributed by atoms with E-state index in [1.807, 2.05) is 0 Å². The van der Waals surface area contributed by atoms with Crippen molar-refractivity contribution in [2.45, 2.75) is 31.9 Å². The fourth-order valence-electron chi connectivity index (χ4n) is 2.28. The van der Waals surface area contributed by atoms with E-state index in [4.69, 9.17) is 9.47 Å². The lowest BCUT2D eigenvalue weighted by molar-refractivity contribution is 0.0853. The predicted octanol–water partition coefficient (Wildman–Crippen LogP) is 0.574. The lowest BCUT2D eigenvalue weighted by Crippen LogP contribution is -2.32. The first-order chi connectivity index (χ1) is 8.83. The van der Waals surface area contributed by atoms with E-state index < -0.39 is 0 Å². The summed E-state index contributed by atoms with van der Waals surface area (Å²) in [5, 5.41) is 7.09. The van der Waals surface area contributed by atoms with Crippen LogP contribution in [0.2, 0.25) is 0 Å². The van der Waals surface area contributed by atoms with Crippen molar-refractivity contribution in [3.05, 3.63) is 11.8 Å². The Kier molecular flexibility index (Phi) is 3.19. The van der Waals surface area contributed by atoms with E-state index in [0.717, 1.165) is 32.4 Å². The number of ether oxygens (including phenoxy) is 2. The Hall–Kier alpha value is -1.56. The fraction of sp³-hybridized carbons (Fsp3) is 0.667. The molecule has 3 rings (SSSR count). The molecule has 0 bridgehead atoms. The number of hydrogen-bond acceptors (Lipinski definition) is 4. The number of nitrogens with zero attached hydrogens (tertiary/aromatic N) is 2. The molecule has 1 saturated heterocycles. The van der Waals surface area contributed by atoms with Crippen molar-refractivity contribution in [1.29, 1.82) is 0 Å². The minimum absolute atomic E-state index is 0.155. The van der Waals surface area contributed by atoms with Gasteiger partial charge < -0.3 is 14.8 Å². The topological polar surface area (TPSA) is 65.4 Å². The highest BCUT2D eigenvalue weighted by Gasteiger charge is 2.20. The highest BCUT2D eigenvalue weighted by atomic mass is 16.5. The van der Waals surface area contributed by atoms with Gasteiger partial charge in [0.05, 0.1) is 12.7 Å². The van der Waals surface area contributed by atoms with Gasteiger partial charge in [-0.25, -0.2) is 4.68 Å². The standard InChI is InChI=1S/C12H17N3O3/c16-12(13-8-9-3-1-5-17-9)10-7-11-15(14-10)4-2-6-18-11/h7,9H,1-6,8H2,(H,13,16)/t9-/m1/s1. The van der Waals surface area contributed by atoms with E-state index in [0.29, 0.717) is 24.7 Å². The number of carbonyl (C=O) groups excluding carboxylic acids is 1. The number of aromatic nitrogens is 2. The predicted molar refractivity (Wildman–Crippen MR) is 63.6 cm³/mol. The van der Waals surface area contributed by atoms with Crippen LogP contribution in [0.3, 0.4) is 0 Å². The number of hydrogen-bond donors (Lipinski definition) is 1. The van der Waals surface area contributed by atoms with Gasteiger partial charge in [-0.05, 0) is 12.8 Å². The maximum atomic E-state index is 11.9. The molecule has 1 atom stereocenters. The minimum atomic E-state index is -0.156. The molecule has 0 saturated carbocycles. The number of aryl methyl sites for hydroxylation is 1. The second-order valence-corrected chi connectivity index (χ2v) is 4.64. The molecule has 3 heterocycles. The average molecular weight is 251 g/mol. The molecule has 2 aliphatic heterocycles. The zero-order valence-electron chi connectivity index (χ0n) is 10.2. The van der Waals surface area contributed by atoms with E-state index in [1.54, 1.807) is 10.7 Å². The molecule has 18 heavy (non-hydrogen) atoms. The van der Waals surface area contributed by atoms with Crippen LogP contribution < -0.4 is 10.1 Å². The zero-order valence-corrected chi connectivity index (χ0v) is 10.2. The normalized spacial score (nSPS) is 22.3. The van der Waals surface area contributed by atoms with Crippen LogP contribution in [0.4, 0.5) is 0 Å². The van der Waals surface area contributed by atoms with Crippen LogP contribution in [0.15, 0.2) is 6.07 Å². The third-order valence-corrected chi connectivity index (χ3v) is 3.25. The second kappa shape index (κ2) is 4.97. The minimum Gasteiger partial charge on any atom is -0.478 e. The van der Waals surface area contributed by atoms with Gasteiger partial charge >= 0.3 is 0 Å². The van der Waals surface area contributed by atoms with Crippen molar-refractivity contribution in [2.75, 3.05) is 19.8 Å². The van der Waals surface area contributed by atoms with E-state index in [9.17, 15) is 4.79 Å². The van der Waals surface area contributed by atoms with Gasteiger partial charge in [-0.1, -0.05) is 0 Å². The summed E-state index contributed by atoms with van der Waals surface area (Å²) in [6.45, 7) is 2.87. The summed E-state index contributed by atoms with van der Waals surface area (Å²) in [5.74, 6) is 0.527. The molecule has 0 aromatic carbocycles. The van der Waals surface area contributed by atoms with E-state index >= 15 is 0 Å². The highest BCUT2D eigenvalue weighted by Crippen LogP contribution is 2.18. The Morgan fingerprint density at radius 2 is 2.44 bits per heavy atom. The van der Waals surface area contributed by atoms with Gasteiger partial charge in [0.1, 0.15) is 0 Å². The molecule has 1 aromatic heterocycles. The molecule has 1 N–H and O–H groups in total. The molecular weight excluding hydrogens is 234 g/mol. The highest BCUT2D eigenvalue weighted by molar-refractivity contribution is 5.92. The lowest BCUT2D eigenvalue weighted by Gasteiger charge is -2.13. The van der Waals surface area contributed by atoms with Crippen LogP contribution in [0, 0.1) is 0 Å². The molecule has 6 heteroatoms. The number of nitrogens with one attached hydrogen (secondary N) is 1. The summed E-state index contributed by atoms with van der Waals surface area (Å²) in [6.07, 6.45) is 3.18. The summed E-state index contributed by atoms with van der Waals surface area (Å²) in [5.41, 5.74) is 0.421. The summed E-state index contributed by atoms with van der Waals surface area (Å²) in [4.78, 5) is 11.9. The van der Waals surface area contributed by atoms with Crippen molar-refractivity contribution in [1.82, 2.24) is 15.1 Å². The lowest BCUT2D eigenvalue weighted by atomic mass is 10.2. The van der Waals surface area contributed by atoms with Crippen LogP contribution >= 0.6 is 0 Å². The first kappa shape index (κ1) is 11.5. The first-order valence-electron chi connectivity index (χ1n) is 6.43. The molecular formula is C12H17N3O3. The van der Waals surface area contributed by atoms with Gasteiger partial charge in [-0.3, -0.25) is 4.79 Å². The van der Waals surface area contributed by atoms with Crippen LogP contribution in [-0.4, -0.2) is 41.6 Å². The van der Waals surface area contributed by atoms with Crippen LogP contribution in [0.5, 0.6) is 5.88 Å². The Bertz CT molecular complexity index is 414. The first-order valence-corrected chi connectivity index (χ1v) is 6.43. The molecule has 1 amide bonds. The second-order valence-electron chi connectivity index (χ2n) is 4.64. The van der Waals surface area contributed by atoms with Crippen LogP contribution in [0.25, 0.3) is 0 Å². The van der Waals surface area contributed by atoms with Gasteiger partial charge in [-0.2, -0.15) is 5.10 Å². The summed E-state index contributed by atoms with van der Waals surface area (Å²) in [6, 6.07) is 1.70. The maximum Gasteiger partial charge on any atom is 0.272 e. The maximum absolute atomic E-state index is 11.9. The van der Waals surface area contributed by atoms with Gasteiger partial charge in [0.25, 0.3) is 5.91 Å². The molecule has 0 radical (unpaired) electrons. The van der Waals surface area contributed by atoms with Gasteiger partial charge in [0, 0.05) is 32.2 Å². The van der Waals surface area contributed by atoms with Crippen molar-refractivity contribution < 1.29 is 14.3 Å². The largest absolute Gasteiger partial charge is 0.478 e. The average Bonchev–Trinajstić information content (AvgIpc) is 3.04. The van der Waals surface area contributed by atoms with Crippen molar-refractivity contribution in [3.8, 4) is 5.88 Å². The molecule has 6 nitrogen and oxygen atoms in total. The third kappa shape index (κ3) is 2.33. The van der Waals surface area contributed by atoms with Crippen LogP contribution in [0.1, 0.15) is 29.8 Å². The molecule has 0 unspecified atom stereocenters. The smallest absolute Gasteiger partial charge is 0.272 e. The molecule has 0 aliphatic carbocycles. The zero-order chi connectivity index (χ0) is 12.4. The monoisotopic (exact) mass is 251 g/mol. The molecule has 2 aliphatic rings. The summed E-state index contributed by atoms with van der Waals surface area (Å²) in [7, 11) is 0. The van der Waals surface area contributed by atoms with Gasteiger partial charge in [-0.15, -0.1) is 0 Å². The number of fused-ring (bicyclic) bond motifs is 1. The van der Waals surface area contributed by atoms with E-state index in [-0.39, 0.29) is 12.0 Å². The Labute approximate surface area is 105 Å². The fourth-order valence-corrected chi connectivity index (χ4v) is 2.28. The van der Waals surface area contributed by atoms with E-state index in [1.165, 1.54) is 0 Å². The number of amides is 1. The molecule has 1 fully saturated rings.